The molecule has 0 fully saturated rings. The SMILES string of the molecule is Cc1cc2nnc(SCC(=O)Nc3nc(-c4ccc(C)c(C)c4)cs3)n2c(C)n1. The van der Waals surface area contributed by atoms with Gasteiger partial charge in [-0.3, -0.25) is 9.20 Å². The minimum Gasteiger partial charge on any atom is -0.301 e. The number of carbonyl (C=O) groups excluding carboxylic acids is 1. The van der Waals surface area contributed by atoms with Gasteiger partial charge in [0.1, 0.15) is 5.82 Å². The first-order chi connectivity index (χ1) is 13.9. The zero-order valence-electron chi connectivity index (χ0n) is 16.6. The molecule has 1 N–H and O–H groups in total. The number of benzene rings is 1. The summed E-state index contributed by atoms with van der Waals surface area (Å²) in [7, 11) is 0. The van der Waals surface area contributed by atoms with Crippen molar-refractivity contribution in [2.24, 2.45) is 0 Å². The standard InChI is InChI=1S/C20H20N6OS2/c1-11-5-6-15(7-12(11)2)16-9-28-19(22-16)23-18(27)10-29-20-25-24-17-8-13(3)21-14(4)26(17)20/h5-9H,10H2,1-4H3,(H,22,23,27). The van der Waals surface area contributed by atoms with Gasteiger partial charge in [-0.2, -0.15) is 0 Å². The Morgan fingerprint density at radius 3 is 2.72 bits per heavy atom. The van der Waals surface area contributed by atoms with Crippen LogP contribution >= 0.6 is 23.1 Å². The summed E-state index contributed by atoms with van der Waals surface area (Å²) in [6.07, 6.45) is 0. The van der Waals surface area contributed by atoms with Crippen molar-refractivity contribution in [2.75, 3.05) is 11.1 Å². The van der Waals surface area contributed by atoms with Crippen LogP contribution in [0.15, 0.2) is 34.8 Å². The van der Waals surface area contributed by atoms with Crippen molar-refractivity contribution in [1.82, 2.24) is 24.6 Å². The van der Waals surface area contributed by atoms with Crippen molar-refractivity contribution in [3.8, 4) is 11.3 Å². The Morgan fingerprint density at radius 2 is 1.93 bits per heavy atom. The minimum atomic E-state index is -0.134. The van der Waals surface area contributed by atoms with Crippen LogP contribution in [0.2, 0.25) is 0 Å². The quantitative estimate of drug-likeness (QED) is 0.483. The molecular weight excluding hydrogens is 404 g/mol. The van der Waals surface area contributed by atoms with Gasteiger partial charge in [-0.1, -0.05) is 23.9 Å². The number of nitrogens with one attached hydrogen (secondary N) is 1. The number of nitrogens with zero attached hydrogens (tertiary/aromatic N) is 5. The van der Waals surface area contributed by atoms with Gasteiger partial charge in [-0.15, -0.1) is 21.5 Å². The number of thiazole rings is 1. The van der Waals surface area contributed by atoms with E-state index in [4.69, 9.17) is 0 Å². The highest BCUT2D eigenvalue weighted by Gasteiger charge is 2.13. The number of aryl methyl sites for hydroxylation is 4. The fourth-order valence-electron chi connectivity index (χ4n) is 2.95. The zero-order chi connectivity index (χ0) is 20.5. The average molecular weight is 425 g/mol. The molecule has 29 heavy (non-hydrogen) atoms. The topological polar surface area (TPSA) is 85.1 Å². The van der Waals surface area contributed by atoms with Gasteiger partial charge in [0.15, 0.2) is 15.9 Å². The number of anilines is 1. The largest absolute Gasteiger partial charge is 0.301 e. The first kappa shape index (κ1) is 19.5. The third-order valence-corrected chi connectivity index (χ3v) is 6.23. The summed E-state index contributed by atoms with van der Waals surface area (Å²) < 4.78 is 1.85. The second kappa shape index (κ2) is 7.92. The lowest BCUT2D eigenvalue weighted by Gasteiger charge is -2.04. The van der Waals surface area contributed by atoms with Crippen LogP contribution in [0.25, 0.3) is 16.9 Å². The molecule has 0 unspecified atom stereocenters. The fourth-order valence-corrected chi connectivity index (χ4v) is 4.47. The molecule has 4 rings (SSSR count). The third-order valence-electron chi connectivity index (χ3n) is 4.54. The van der Waals surface area contributed by atoms with Crippen LogP contribution in [-0.4, -0.2) is 36.2 Å². The fraction of sp³-hybridized carbons (Fsp3) is 0.250. The van der Waals surface area contributed by atoms with Gasteiger partial charge < -0.3 is 5.32 Å². The van der Waals surface area contributed by atoms with E-state index in [9.17, 15) is 4.79 Å². The van der Waals surface area contributed by atoms with Gasteiger partial charge in [-0.05, 0) is 44.9 Å². The van der Waals surface area contributed by atoms with Crippen molar-refractivity contribution >= 4 is 39.8 Å². The number of carbonyl (C=O) groups is 1. The van der Waals surface area contributed by atoms with Crippen LogP contribution in [-0.2, 0) is 4.79 Å². The predicted molar refractivity (Wildman–Crippen MR) is 117 cm³/mol. The molecule has 0 radical (unpaired) electrons. The summed E-state index contributed by atoms with van der Waals surface area (Å²) in [5.74, 6) is 0.878. The van der Waals surface area contributed by atoms with Crippen LogP contribution in [0.5, 0.6) is 0 Å². The van der Waals surface area contributed by atoms with E-state index in [0.717, 1.165) is 28.4 Å². The third kappa shape index (κ3) is 4.15. The molecular formula is C20H20N6OS2. The number of hydrogen-bond acceptors (Lipinski definition) is 7. The Labute approximate surface area is 176 Å². The maximum Gasteiger partial charge on any atom is 0.236 e. The van der Waals surface area contributed by atoms with Gasteiger partial charge in [0.2, 0.25) is 5.91 Å². The van der Waals surface area contributed by atoms with E-state index in [-0.39, 0.29) is 11.7 Å². The van der Waals surface area contributed by atoms with Gasteiger partial charge >= 0.3 is 0 Å². The lowest BCUT2D eigenvalue weighted by atomic mass is 10.1. The molecule has 0 aliphatic carbocycles. The molecule has 0 spiro atoms. The minimum absolute atomic E-state index is 0.134. The molecule has 7 nitrogen and oxygen atoms in total. The van der Waals surface area contributed by atoms with E-state index in [1.54, 1.807) is 0 Å². The second-order valence-electron chi connectivity index (χ2n) is 6.79. The van der Waals surface area contributed by atoms with E-state index >= 15 is 0 Å². The summed E-state index contributed by atoms with van der Waals surface area (Å²) in [5.41, 5.74) is 6.00. The van der Waals surface area contributed by atoms with Crippen molar-refractivity contribution in [3.05, 3.63) is 52.3 Å². The van der Waals surface area contributed by atoms with E-state index in [1.807, 2.05) is 35.8 Å². The van der Waals surface area contributed by atoms with Gasteiger partial charge in [0.05, 0.1) is 11.4 Å². The Morgan fingerprint density at radius 1 is 1.10 bits per heavy atom. The van der Waals surface area contributed by atoms with Crippen molar-refractivity contribution < 1.29 is 4.79 Å². The van der Waals surface area contributed by atoms with E-state index in [1.165, 1.54) is 34.2 Å². The van der Waals surface area contributed by atoms with E-state index < -0.39 is 0 Å². The molecule has 1 amide bonds. The summed E-state index contributed by atoms with van der Waals surface area (Å²) >= 11 is 2.74. The molecule has 0 aliphatic heterocycles. The summed E-state index contributed by atoms with van der Waals surface area (Å²) in [5, 5.41) is 14.4. The summed E-state index contributed by atoms with van der Waals surface area (Å²) in [6.45, 7) is 7.98. The number of amides is 1. The Kier molecular flexibility index (Phi) is 5.33. The number of hydrogen-bond donors (Lipinski definition) is 1. The number of aromatic nitrogens is 5. The highest BCUT2D eigenvalue weighted by Crippen LogP contribution is 2.27. The number of rotatable bonds is 5. The maximum atomic E-state index is 12.4. The normalized spacial score (nSPS) is 11.2. The van der Waals surface area contributed by atoms with Crippen molar-refractivity contribution in [1.29, 1.82) is 0 Å². The molecule has 3 aromatic heterocycles. The van der Waals surface area contributed by atoms with Gasteiger partial charge in [-0.25, -0.2) is 9.97 Å². The van der Waals surface area contributed by atoms with Gasteiger partial charge in [0.25, 0.3) is 0 Å². The monoisotopic (exact) mass is 424 g/mol. The molecule has 9 heteroatoms. The van der Waals surface area contributed by atoms with Crippen LogP contribution in [0, 0.1) is 27.7 Å². The molecule has 1 aromatic carbocycles. The summed E-state index contributed by atoms with van der Waals surface area (Å²) in [6, 6.07) is 8.11. The van der Waals surface area contributed by atoms with Crippen LogP contribution in [0.1, 0.15) is 22.6 Å². The Balaban J connectivity index is 1.42. The van der Waals surface area contributed by atoms with E-state index in [2.05, 4.69) is 51.5 Å². The molecule has 0 saturated carbocycles. The number of fused-ring (bicyclic) bond motifs is 1. The van der Waals surface area contributed by atoms with E-state index in [0.29, 0.717) is 10.3 Å². The first-order valence-corrected chi connectivity index (χ1v) is 10.9. The molecule has 0 aliphatic rings. The predicted octanol–water partition coefficient (Wildman–Crippen LogP) is 4.21. The van der Waals surface area contributed by atoms with Crippen LogP contribution < -0.4 is 5.32 Å². The Bertz CT molecular complexity index is 1210. The number of thioether (sulfide) groups is 1. The lowest BCUT2D eigenvalue weighted by Crippen LogP contribution is -2.14. The zero-order valence-corrected chi connectivity index (χ0v) is 18.2. The van der Waals surface area contributed by atoms with Crippen molar-refractivity contribution in [2.45, 2.75) is 32.9 Å². The van der Waals surface area contributed by atoms with Crippen LogP contribution in [0.4, 0.5) is 5.13 Å². The molecule has 0 saturated heterocycles. The molecule has 4 aromatic rings. The molecule has 3 heterocycles. The second-order valence-corrected chi connectivity index (χ2v) is 8.60. The molecule has 148 valence electrons. The molecule has 0 atom stereocenters. The van der Waals surface area contributed by atoms with Crippen LogP contribution in [0.3, 0.4) is 0 Å². The highest BCUT2D eigenvalue weighted by atomic mass is 32.2. The highest BCUT2D eigenvalue weighted by molar-refractivity contribution is 7.99. The lowest BCUT2D eigenvalue weighted by molar-refractivity contribution is -0.113. The average Bonchev–Trinajstić information content (AvgIpc) is 3.29. The molecule has 0 bridgehead atoms. The summed E-state index contributed by atoms with van der Waals surface area (Å²) in [4.78, 5) is 21.4. The maximum absolute atomic E-state index is 12.4. The van der Waals surface area contributed by atoms with Gasteiger partial charge in [0, 0.05) is 22.7 Å². The van der Waals surface area contributed by atoms with Crippen molar-refractivity contribution in [3.63, 3.8) is 0 Å². The Hall–Kier alpha value is -2.78. The first-order valence-electron chi connectivity index (χ1n) is 9.06. The smallest absolute Gasteiger partial charge is 0.236 e.